The van der Waals surface area contributed by atoms with E-state index in [0.717, 1.165) is 45.3 Å². The van der Waals surface area contributed by atoms with E-state index in [0.29, 0.717) is 31.7 Å². The van der Waals surface area contributed by atoms with Gasteiger partial charge in [0.25, 0.3) is 5.91 Å². The Morgan fingerprint density at radius 3 is 2.34 bits per heavy atom. The minimum Gasteiger partial charge on any atom is -0.337 e. The van der Waals surface area contributed by atoms with Crippen molar-refractivity contribution in [2.24, 2.45) is 0 Å². The number of hydrogen-bond donors (Lipinski definition) is 0. The van der Waals surface area contributed by atoms with Crippen LogP contribution < -0.4 is 0 Å². The average molecular weight is 476 g/mol. The molecule has 2 aliphatic rings. The van der Waals surface area contributed by atoms with E-state index in [9.17, 15) is 13.2 Å². The van der Waals surface area contributed by atoms with Crippen molar-refractivity contribution < 1.29 is 13.2 Å². The Balaban J connectivity index is 1.47. The molecule has 0 unspecified atom stereocenters. The van der Waals surface area contributed by atoms with Crippen LogP contribution in [-0.2, 0) is 16.6 Å². The van der Waals surface area contributed by atoms with Gasteiger partial charge in [-0.25, -0.2) is 8.42 Å². The third kappa shape index (κ3) is 5.34. The molecule has 0 aliphatic carbocycles. The van der Waals surface area contributed by atoms with Gasteiger partial charge in [-0.2, -0.15) is 4.31 Å². The standard InChI is InChI=1S/C24H30ClN3O3S/c25-22-11-10-21(18-23(22)32(30,31)28-14-5-2-6-15-28)24(29)27-13-7-12-26(16-17-27)19-20-8-3-1-4-9-20/h1,3-4,8-11,18H,2,5-7,12-17,19H2. The third-order valence-electron chi connectivity index (χ3n) is 6.24. The highest BCUT2D eigenvalue weighted by atomic mass is 35.5. The summed E-state index contributed by atoms with van der Waals surface area (Å²) in [5.74, 6) is -0.140. The van der Waals surface area contributed by atoms with Crippen molar-refractivity contribution in [2.45, 2.75) is 37.1 Å². The molecule has 8 heteroatoms. The monoisotopic (exact) mass is 475 g/mol. The third-order valence-corrected chi connectivity index (χ3v) is 8.62. The van der Waals surface area contributed by atoms with Crippen LogP contribution in [0.3, 0.4) is 0 Å². The van der Waals surface area contributed by atoms with E-state index in [4.69, 9.17) is 11.6 Å². The highest BCUT2D eigenvalue weighted by molar-refractivity contribution is 7.89. The first-order valence-corrected chi connectivity index (χ1v) is 13.1. The molecule has 2 aromatic rings. The largest absolute Gasteiger partial charge is 0.337 e. The summed E-state index contributed by atoms with van der Waals surface area (Å²) < 4.78 is 27.8. The summed E-state index contributed by atoms with van der Waals surface area (Å²) in [6.45, 7) is 4.84. The second kappa shape index (κ2) is 10.3. The Bertz CT molecular complexity index is 1040. The average Bonchev–Trinajstić information content (AvgIpc) is 3.05. The predicted octanol–water partition coefficient (Wildman–Crippen LogP) is 3.86. The summed E-state index contributed by atoms with van der Waals surface area (Å²) in [5.41, 5.74) is 1.64. The molecular weight excluding hydrogens is 446 g/mol. The molecular formula is C24H30ClN3O3S. The van der Waals surface area contributed by atoms with E-state index in [1.165, 1.54) is 22.0 Å². The van der Waals surface area contributed by atoms with Gasteiger partial charge in [0.05, 0.1) is 5.02 Å². The van der Waals surface area contributed by atoms with E-state index in [1.807, 2.05) is 23.1 Å². The van der Waals surface area contributed by atoms with Crippen LogP contribution in [0.5, 0.6) is 0 Å². The van der Waals surface area contributed by atoms with Gasteiger partial charge in [0.2, 0.25) is 10.0 Å². The molecule has 32 heavy (non-hydrogen) atoms. The van der Waals surface area contributed by atoms with Gasteiger partial charge < -0.3 is 4.90 Å². The van der Waals surface area contributed by atoms with Crippen LogP contribution in [0, 0.1) is 0 Å². The number of sulfonamides is 1. The number of amides is 1. The summed E-state index contributed by atoms with van der Waals surface area (Å²) in [7, 11) is -3.71. The first-order valence-electron chi connectivity index (χ1n) is 11.3. The fourth-order valence-corrected chi connectivity index (χ4v) is 6.45. The Morgan fingerprint density at radius 1 is 0.844 bits per heavy atom. The molecule has 2 heterocycles. The lowest BCUT2D eigenvalue weighted by Gasteiger charge is -2.26. The molecule has 0 radical (unpaired) electrons. The number of rotatable bonds is 5. The Morgan fingerprint density at radius 2 is 1.59 bits per heavy atom. The van der Waals surface area contributed by atoms with Gasteiger partial charge in [0, 0.05) is 51.4 Å². The fourth-order valence-electron chi connectivity index (χ4n) is 4.43. The van der Waals surface area contributed by atoms with E-state index in [-0.39, 0.29) is 15.8 Å². The zero-order valence-electron chi connectivity index (χ0n) is 18.2. The first-order chi connectivity index (χ1) is 15.4. The molecule has 0 saturated carbocycles. The molecule has 0 N–H and O–H groups in total. The highest BCUT2D eigenvalue weighted by Gasteiger charge is 2.29. The van der Waals surface area contributed by atoms with Crippen LogP contribution in [-0.4, -0.2) is 67.7 Å². The zero-order valence-corrected chi connectivity index (χ0v) is 19.8. The van der Waals surface area contributed by atoms with Crippen molar-refractivity contribution in [2.75, 3.05) is 39.3 Å². The topological polar surface area (TPSA) is 60.9 Å². The first kappa shape index (κ1) is 23.2. The normalized spacial score (nSPS) is 19.0. The quantitative estimate of drug-likeness (QED) is 0.658. The maximum atomic E-state index is 13.2. The van der Waals surface area contributed by atoms with Gasteiger partial charge >= 0.3 is 0 Å². The van der Waals surface area contributed by atoms with E-state index >= 15 is 0 Å². The van der Waals surface area contributed by atoms with Gasteiger partial charge in [0.1, 0.15) is 4.90 Å². The summed E-state index contributed by atoms with van der Waals surface area (Å²) in [5, 5.41) is 0.164. The van der Waals surface area contributed by atoms with Crippen LogP contribution in [0.25, 0.3) is 0 Å². The van der Waals surface area contributed by atoms with Crippen molar-refractivity contribution in [1.82, 2.24) is 14.1 Å². The van der Waals surface area contributed by atoms with Gasteiger partial charge in [0.15, 0.2) is 0 Å². The number of hydrogen-bond acceptors (Lipinski definition) is 4. The zero-order chi connectivity index (χ0) is 22.6. The Labute approximate surface area is 195 Å². The number of carbonyl (C=O) groups excluding carboxylic acids is 1. The molecule has 0 atom stereocenters. The molecule has 172 valence electrons. The molecule has 1 amide bonds. The Kier molecular flexibility index (Phi) is 7.51. The second-order valence-corrected chi connectivity index (χ2v) is 10.8. The molecule has 2 fully saturated rings. The van der Waals surface area contributed by atoms with Gasteiger partial charge in [-0.05, 0) is 43.0 Å². The van der Waals surface area contributed by atoms with Crippen LogP contribution in [0.15, 0.2) is 53.4 Å². The van der Waals surface area contributed by atoms with Gasteiger partial charge in [-0.3, -0.25) is 9.69 Å². The lowest BCUT2D eigenvalue weighted by molar-refractivity contribution is 0.0761. The van der Waals surface area contributed by atoms with E-state index in [1.54, 1.807) is 6.07 Å². The molecule has 0 spiro atoms. The SMILES string of the molecule is O=C(c1ccc(Cl)c(S(=O)(=O)N2CCCCC2)c1)N1CCCN(Cc2ccccc2)CC1. The molecule has 2 saturated heterocycles. The number of piperidine rings is 1. The van der Waals surface area contributed by atoms with Crippen molar-refractivity contribution in [1.29, 1.82) is 0 Å². The van der Waals surface area contributed by atoms with Crippen molar-refractivity contribution in [3.05, 3.63) is 64.7 Å². The van der Waals surface area contributed by atoms with Gasteiger partial charge in [-0.15, -0.1) is 0 Å². The van der Waals surface area contributed by atoms with Crippen molar-refractivity contribution in [3.63, 3.8) is 0 Å². The minimum absolute atomic E-state index is 0.0347. The fraction of sp³-hybridized carbons (Fsp3) is 0.458. The summed E-state index contributed by atoms with van der Waals surface area (Å²) >= 11 is 6.28. The number of halogens is 1. The maximum Gasteiger partial charge on any atom is 0.253 e. The highest BCUT2D eigenvalue weighted by Crippen LogP contribution is 2.28. The lowest BCUT2D eigenvalue weighted by atomic mass is 10.2. The van der Waals surface area contributed by atoms with E-state index in [2.05, 4.69) is 17.0 Å². The summed E-state index contributed by atoms with van der Waals surface area (Å²) in [4.78, 5) is 17.5. The van der Waals surface area contributed by atoms with Crippen LogP contribution in [0.2, 0.25) is 5.02 Å². The minimum atomic E-state index is -3.71. The molecule has 2 aromatic carbocycles. The molecule has 2 aliphatic heterocycles. The number of benzene rings is 2. The molecule has 6 nitrogen and oxygen atoms in total. The summed E-state index contributed by atoms with van der Waals surface area (Å²) in [6.07, 6.45) is 3.62. The second-order valence-electron chi connectivity index (χ2n) is 8.52. The van der Waals surface area contributed by atoms with E-state index < -0.39 is 10.0 Å². The van der Waals surface area contributed by atoms with Crippen LogP contribution in [0.1, 0.15) is 41.6 Å². The number of nitrogens with zero attached hydrogens (tertiary/aromatic N) is 3. The van der Waals surface area contributed by atoms with Gasteiger partial charge in [-0.1, -0.05) is 48.4 Å². The summed E-state index contributed by atoms with van der Waals surface area (Å²) in [6, 6.07) is 15.0. The molecule has 0 bridgehead atoms. The van der Waals surface area contributed by atoms with Crippen molar-refractivity contribution >= 4 is 27.5 Å². The van der Waals surface area contributed by atoms with Crippen molar-refractivity contribution in [3.8, 4) is 0 Å². The number of carbonyl (C=O) groups is 1. The maximum absolute atomic E-state index is 13.2. The predicted molar refractivity (Wildman–Crippen MR) is 126 cm³/mol. The molecule has 4 rings (SSSR count). The molecule has 0 aromatic heterocycles. The van der Waals surface area contributed by atoms with Crippen LogP contribution in [0.4, 0.5) is 0 Å². The smallest absolute Gasteiger partial charge is 0.253 e. The van der Waals surface area contributed by atoms with Crippen LogP contribution >= 0.6 is 11.6 Å². The Hall–Kier alpha value is -1.93. The lowest BCUT2D eigenvalue weighted by Crippen LogP contribution is -2.36.